The average molecular weight is 326 g/mol. The van der Waals surface area contributed by atoms with E-state index < -0.39 is 10.8 Å². The highest BCUT2D eigenvalue weighted by molar-refractivity contribution is 6.13. The predicted molar refractivity (Wildman–Crippen MR) is 88.6 cm³/mol. The maximum atomic E-state index is 12.6. The molecule has 2 aromatic carbocycles. The van der Waals surface area contributed by atoms with Crippen molar-refractivity contribution in [2.75, 3.05) is 12.4 Å². The second-order valence-corrected chi connectivity index (χ2v) is 5.16. The Bertz CT molecular complexity index is 945. The summed E-state index contributed by atoms with van der Waals surface area (Å²) in [5.74, 6) is 0.661. The van der Waals surface area contributed by atoms with Crippen molar-refractivity contribution >= 4 is 28.3 Å². The van der Waals surface area contributed by atoms with Gasteiger partial charge in [0.15, 0.2) is 0 Å². The molecule has 1 N–H and O–H groups in total. The number of carbonyl (C=O) groups is 1. The molecule has 0 aliphatic carbocycles. The lowest BCUT2D eigenvalue weighted by Crippen LogP contribution is -2.12. The first-order chi connectivity index (χ1) is 11.5. The third-order valence-corrected chi connectivity index (χ3v) is 3.61. The number of nitro groups is 1. The second kappa shape index (κ2) is 6.04. The Morgan fingerprint density at radius 1 is 1.25 bits per heavy atom. The zero-order chi connectivity index (χ0) is 17.3. The van der Waals surface area contributed by atoms with Crippen LogP contribution in [0.2, 0.25) is 0 Å². The van der Waals surface area contributed by atoms with Gasteiger partial charge in [-0.1, -0.05) is 6.07 Å². The number of fused-ring (bicyclic) bond motifs is 1. The van der Waals surface area contributed by atoms with Crippen LogP contribution in [-0.4, -0.2) is 17.9 Å². The largest absolute Gasteiger partial charge is 0.497 e. The van der Waals surface area contributed by atoms with Crippen LogP contribution in [0.25, 0.3) is 11.0 Å². The highest BCUT2D eigenvalue weighted by Gasteiger charge is 2.19. The molecule has 122 valence electrons. The zero-order valence-electron chi connectivity index (χ0n) is 13.0. The van der Waals surface area contributed by atoms with Crippen LogP contribution in [-0.2, 0) is 0 Å². The van der Waals surface area contributed by atoms with Crippen LogP contribution in [0.4, 0.5) is 11.4 Å². The molecule has 24 heavy (non-hydrogen) atoms. The maximum absolute atomic E-state index is 12.6. The minimum Gasteiger partial charge on any atom is -0.497 e. The number of amides is 1. The quantitative estimate of drug-likeness (QED) is 0.579. The van der Waals surface area contributed by atoms with Gasteiger partial charge in [-0.25, -0.2) is 0 Å². The third-order valence-electron chi connectivity index (χ3n) is 3.61. The minimum atomic E-state index is -0.515. The third kappa shape index (κ3) is 2.79. The Hall–Kier alpha value is -3.35. The van der Waals surface area contributed by atoms with E-state index in [1.165, 1.54) is 25.3 Å². The van der Waals surface area contributed by atoms with Crippen LogP contribution in [0, 0.1) is 17.0 Å². The molecule has 0 spiro atoms. The van der Waals surface area contributed by atoms with Crippen LogP contribution < -0.4 is 10.1 Å². The number of benzene rings is 2. The average Bonchev–Trinajstić information content (AvgIpc) is 2.89. The lowest BCUT2D eigenvalue weighted by molar-refractivity contribution is -0.384. The number of hydrogen-bond acceptors (Lipinski definition) is 5. The predicted octanol–water partition coefficient (Wildman–Crippen LogP) is 3.91. The normalized spacial score (nSPS) is 10.6. The zero-order valence-corrected chi connectivity index (χ0v) is 13.0. The van der Waals surface area contributed by atoms with E-state index in [1.54, 1.807) is 31.2 Å². The number of nitrogens with one attached hydrogen (secondary N) is 1. The summed E-state index contributed by atoms with van der Waals surface area (Å²) in [6, 6.07) is 10.9. The van der Waals surface area contributed by atoms with Gasteiger partial charge in [0.25, 0.3) is 11.6 Å². The lowest BCUT2D eigenvalue weighted by Gasteiger charge is -2.05. The van der Waals surface area contributed by atoms with Crippen molar-refractivity contribution in [3.8, 4) is 5.75 Å². The van der Waals surface area contributed by atoms with Crippen molar-refractivity contribution in [3.63, 3.8) is 0 Å². The highest BCUT2D eigenvalue weighted by atomic mass is 16.6. The molecule has 1 aromatic heterocycles. The molecule has 7 nitrogen and oxygen atoms in total. The number of aryl methyl sites for hydroxylation is 1. The summed E-state index contributed by atoms with van der Waals surface area (Å²) in [5, 5.41) is 14.1. The number of nitro benzene ring substituents is 1. The number of methoxy groups -OCH3 is 1. The number of hydrogen-bond donors (Lipinski definition) is 1. The number of nitrogens with zero attached hydrogens (tertiary/aromatic N) is 1. The van der Waals surface area contributed by atoms with Gasteiger partial charge in [0, 0.05) is 23.2 Å². The van der Waals surface area contributed by atoms with E-state index >= 15 is 0 Å². The molecule has 3 rings (SSSR count). The first kappa shape index (κ1) is 15.5. The van der Waals surface area contributed by atoms with E-state index in [9.17, 15) is 14.9 Å². The van der Waals surface area contributed by atoms with Crippen molar-refractivity contribution in [3.05, 3.63) is 63.9 Å². The fraction of sp³-hybridized carbons (Fsp3) is 0.118. The Morgan fingerprint density at radius 3 is 2.75 bits per heavy atom. The van der Waals surface area contributed by atoms with Crippen LogP contribution in [0.15, 0.2) is 46.9 Å². The van der Waals surface area contributed by atoms with Crippen molar-refractivity contribution in [1.29, 1.82) is 0 Å². The number of non-ortho nitro benzene ring substituents is 1. The molecular weight excluding hydrogens is 312 g/mol. The molecule has 0 saturated heterocycles. The number of rotatable bonds is 4. The van der Waals surface area contributed by atoms with Gasteiger partial charge < -0.3 is 14.5 Å². The monoisotopic (exact) mass is 326 g/mol. The minimum absolute atomic E-state index is 0.0942. The molecular formula is C17H14N2O5. The summed E-state index contributed by atoms with van der Waals surface area (Å²) in [6.07, 6.45) is 0. The SMILES string of the molecule is COc1ccc2oc(C)c(C(=O)Nc3cccc([N+](=O)[O-])c3)c2c1. The van der Waals surface area contributed by atoms with Gasteiger partial charge >= 0.3 is 0 Å². The summed E-state index contributed by atoms with van der Waals surface area (Å²) in [7, 11) is 1.54. The Kier molecular flexibility index (Phi) is 3.91. The molecule has 0 radical (unpaired) electrons. The molecule has 0 aliphatic heterocycles. The number of carbonyl (C=O) groups excluding carboxylic acids is 1. The Balaban J connectivity index is 1.98. The van der Waals surface area contributed by atoms with E-state index in [0.717, 1.165) is 0 Å². The molecule has 3 aromatic rings. The number of ether oxygens (including phenoxy) is 1. The maximum Gasteiger partial charge on any atom is 0.271 e. The second-order valence-electron chi connectivity index (χ2n) is 5.16. The van der Waals surface area contributed by atoms with Crippen LogP contribution in [0.3, 0.4) is 0 Å². The summed E-state index contributed by atoms with van der Waals surface area (Å²) >= 11 is 0. The van der Waals surface area contributed by atoms with Crippen molar-refractivity contribution in [2.45, 2.75) is 6.92 Å². The molecule has 0 fully saturated rings. The lowest BCUT2D eigenvalue weighted by atomic mass is 10.1. The first-order valence-electron chi connectivity index (χ1n) is 7.12. The summed E-state index contributed by atoms with van der Waals surface area (Å²) in [4.78, 5) is 22.9. The van der Waals surface area contributed by atoms with Gasteiger partial charge in [-0.05, 0) is 31.2 Å². The summed E-state index contributed by atoms with van der Waals surface area (Å²) in [6.45, 7) is 1.69. The van der Waals surface area contributed by atoms with Gasteiger partial charge in [-0.3, -0.25) is 14.9 Å². The van der Waals surface area contributed by atoms with E-state index in [1.807, 2.05) is 0 Å². The smallest absolute Gasteiger partial charge is 0.271 e. The molecule has 0 saturated carbocycles. The molecule has 1 heterocycles. The van der Waals surface area contributed by atoms with Gasteiger partial charge in [-0.2, -0.15) is 0 Å². The van der Waals surface area contributed by atoms with Crippen molar-refractivity contribution in [1.82, 2.24) is 0 Å². The summed E-state index contributed by atoms with van der Waals surface area (Å²) < 4.78 is 10.8. The fourth-order valence-corrected chi connectivity index (χ4v) is 2.50. The van der Waals surface area contributed by atoms with E-state index in [4.69, 9.17) is 9.15 Å². The molecule has 0 atom stereocenters. The van der Waals surface area contributed by atoms with Gasteiger partial charge in [0.1, 0.15) is 17.1 Å². The topological polar surface area (TPSA) is 94.6 Å². The molecule has 1 amide bonds. The van der Waals surface area contributed by atoms with Crippen LogP contribution in [0.5, 0.6) is 5.75 Å². The standard InChI is InChI=1S/C17H14N2O5/c1-10-16(14-9-13(23-2)6-7-15(14)24-10)17(20)18-11-4-3-5-12(8-11)19(21)22/h3-9H,1-2H3,(H,18,20). The molecule has 0 aliphatic rings. The Labute approximate surface area is 137 Å². The van der Waals surface area contributed by atoms with Gasteiger partial charge in [-0.15, -0.1) is 0 Å². The first-order valence-corrected chi connectivity index (χ1v) is 7.12. The van der Waals surface area contributed by atoms with Crippen molar-refractivity contribution < 1.29 is 18.9 Å². The number of anilines is 1. The van der Waals surface area contributed by atoms with E-state index in [2.05, 4.69) is 5.32 Å². The van der Waals surface area contributed by atoms with Gasteiger partial charge in [0.2, 0.25) is 0 Å². The highest BCUT2D eigenvalue weighted by Crippen LogP contribution is 2.30. The van der Waals surface area contributed by atoms with Crippen LogP contribution >= 0.6 is 0 Å². The van der Waals surface area contributed by atoms with Crippen molar-refractivity contribution in [2.24, 2.45) is 0 Å². The molecule has 0 unspecified atom stereocenters. The number of furan rings is 1. The fourth-order valence-electron chi connectivity index (χ4n) is 2.50. The Morgan fingerprint density at radius 2 is 2.04 bits per heavy atom. The summed E-state index contributed by atoms with van der Waals surface area (Å²) in [5.41, 5.74) is 1.18. The van der Waals surface area contributed by atoms with E-state index in [-0.39, 0.29) is 5.69 Å². The molecule has 7 heteroatoms. The molecule has 0 bridgehead atoms. The van der Waals surface area contributed by atoms with E-state index in [0.29, 0.717) is 33.7 Å². The van der Waals surface area contributed by atoms with Gasteiger partial charge in [0.05, 0.1) is 17.6 Å². The van der Waals surface area contributed by atoms with Crippen LogP contribution in [0.1, 0.15) is 16.1 Å².